The first-order valence-corrected chi connectivity index (χ1v) is 11.5. The van der Waals surface area contributed by atoms with Gasteiger partial charge in [-0.15, -0.1) is 11.8 Å². The SMILES string of the molecule is CCOc1ccc([C@@H]2C(C#N)=C(SCc3ccc([N+](=O)[O-])cc3)NC(=O)[C@@H]2C(=O)OC)cc1Cl. The zero-order chi connectivity index (χ0) is 24.8. The number of carbonyl (C=O) groups is 2. The number of nitrogens with zero attached hydrogens (tertiary/aromatic N) is 2. The fraction of sp³-hybridized carbons (Fsp3) is 0.261. The Bertz CT molecular complexity index is 1190. The van der Waals surface area contributed by atoms with Crippen LogP contribution in [0, 0.1) is 27.4 Å². The zero-order valence-corrected chi connectivity index (χ0v) is 19.8. The lowest BCUT2D eigenvalue weighted by Gasteiger charge is -2.31. The second-order valence-electron chi connectivity index (χ2n) is 7.16. The molecule has 9 nitrogen and oxygen atoms in total. The van der Waals surface area contributed by atoms with E-state index >= 15 is 0 Å². The summed E-state index contributed by atoms with van der Waals surface area (Å²) in [5.41, 5.74) is 1.39. The van der Waals surface area contributed by atoms with Gasteiger partial charge < -0.3 is 14.8 Å². The number of esters is 1. The predicted octanol–water partition coefficient (Wildman–Crippen LogP) is 4.32. The van der Waals surface area contributed by atoms with E-state index in [2.05, 4.69) is 11.4 Å². The van der Waals surface area contributed by atoms with E-state index in [1.165, 1.54) is 31.0 Å². The molecule has 0 bridgehead atoms. The number of halogens is 1. The van der Waals surface area contributed by atoms with Crippen LogP contribution in [0.4, 0.5) is 5.69 Å². The molecule has 2 aromatic carbocycles. The number of carbonyl (C=O) groups excluding carboxylic acids is 2. The first-order chi connectivity index (χ1) is 16.3. The van der Waals surface area contributed by atoms with E-state index in [0.29, 0.717) is 28.7 Å². The summed E-state index contributed by atoms with van der Waals surface area (Å²) in [5, 5.41) is 24.1. The third-order valence-electron chi connectivity index (χ3n) is 5.13. The maximum absolute atomic E-state index is 12.9. The molecule has 0 spiro atoms. The number of allylic oxidation sites excluding steroid dienone is 1. The maximum Gasteiger partial charge on any atom is 0.319 e. The minimum absolute atomic E-state index is 0.0370. The lowest BCUT2D eigenvalue weighted by atomic mass is 9.78. The van der Waals surface area contributed by atoms with Gasteiger partial charge in [0, 0.05) is 23.8 Å². The lowest BCUT2D eigenvalue weighted by molar-refractivity contribution is -0.384. The highest BCUT2D eigenvalue weighted by molar-refractivity contribution is 8.02. The van der Waals surface area contributed by atoms with Crippen LogP contribution in [0.3, 0.4) is 0 Å². The van der Waals surface area contributed by atoms with Crippen LogP contribution in [0.5, 0.6) is 5.75 Å². The number of hydrogen-bond acceptors (Lipinski definition) is 8. The van der Waals surface area contributed by atoms with Crippen molar-refractivity contribution in [1.82, 2.24) is 5.32 Å². The second kappa shape index (κ2) is 11.0. The highest BCUT2D eigenvalue weighted by Crippen LogP contribution is 2.42. The van der Waals surface area contributed by atoms with Crippen molar-refractivity contribution in [2.24, 2.45) is 5.92 Å². The predicted molar refractivity (Wildman–Crippen MR) is 126 cm³/mol. The molecule has 11 heteroatoms. The average molecular weight is 502 g/mol. The molecule has 176 valence electrons. The molecule has 0 aliphatic carbocycles. The van der Waals surface area contributed by atoms with Gasteiger partial charge in [-0.05, 0) is 30.2 Å². The molecule has 0 saturated heterocycles. The van der Waals surface area contributed by atoms with Crippen molar-refractivity contribution in [2.75, 3.05) is 13.7 Å². The van der Waals surface area contributed by atoms with Crippen molar-refractivity contribution in [3.05, 3.63) is 79.3 Å². The van der Waals surface area contributed by atoms with E-state index in [-0.39, 0.29) is 16.3 Å². The van der Waals surface area contributed by atoms with E-state index < -0.39 is 28.6 Å². The molecule has 1 amide bonds. The number of methoxy groups -OCH3 is 1. The Morgan fingerprint density at radius 2 is 2.00 bits per heavy atom. The molecule has 0 fully saturated rings. The Hall–Kier alpha value is -3.55. The quantitative estimate of drug-likeness (QED) is 0.245. The van der Waals surface area contributed by atoms with Gasteiger partial charge in [0.2, 0.25) is 5.91 Å². The van der Waals surface area contributed by atoms with Crippen molar-refractivity contribution in [3.63, 3.8) is 0 Å². The standard InChI is InChI=1S/C23H20ClN3O6S/c1-3-33-18-9-6-14(10-17(18)24)19-16(11-25)22(26-21(28)20(19)23(29)32-2)34-12-13-4-7-15(8-5-13)27(30)31/h4-10,19-20H,3,12H2,1-2H3,(H,26,28)/t19-,20-/m1/s1. The van der Waals surface area contributed by atoms with Gasteiger partial charge in [0.05, 0.1) is 40.3 Å². The minimum atomic E-state index is -1.28. The Labute approximate surface area is 204 Å². The third-order valence-corrected chi connectivity index (χ3v) is 6.51. The highest BCUT2D eigenvalue weighted by Gasteiger charge is 2.44. The first kappa shape index (κ1) is 25.1. The Morgan fingerprint density at radius 1 is 1.29 bits per heavy atom. The molecule has 0 aromatic heterocycles. The molecule has 1 heterocycles. The number of amides is 1. The number of rotatable bonds is 8. The van der Waals surface area contributed by atoms with Crippen LogP contribution in [0.15, 0.2) is 53.1 Å². The smallest absolute Gasteiger partial charge is 0.319 e. The number of nitro groups is 1. The molecule has 1 N–H and O–H groups in total. The highest BCUT2D eigenvalue weighted by atomic mass is 35.5. The van der Waals surface area contributed by atoms with Crippen LogP contribution in [0.25, 0.3) is 0 Å². The van der Waals surface area contributed by atoms with E-state index in [1.807, 2.05) is 6.92 Å². The van der Waals surface area contributed by atoms with Crippen molar-refractivity contribution in [1.29, 1.82) is 5.26 Å². The second-order valence-corrected chi connectivity index (χ2v) is 8.55. The summed E-state index contributed by atoms with van der Waals surface area (Å²) in [4.78, 5) is 35.8. The number of non-ortho nitro benzene ring substituents is 1. The van der Waals surface area contributed by atoms with Crippen LogP contribution >= 0.6 is 23.4 Å². The zero-order valence-electron chi connectivity index (χ0n) is 18.2. The number of hydrogen-bond donors (Lipinski definition) is 1. The summed E-state index contributed by atoms with van der Waals surface area (Å²) >= 11 is 7.52. The van der Waals surface area contributed by atoms with Crippen molar-refractivity contribution >= 4 is 40.9 Å². The fourth-order valence-electron chi connectivity index (χ4n) is 3.53. The van der Waals surface area contributed by atoms with Crippen LogP contribution in [0.2, 0.25) is 5.02 Å². The summed E-state index contributed by atoms with van der Waals surface area (Å²) in [6.07, 6.45) is 0. The lowest BCUT2D eigenvalue weighted by Crippen LogP contribution is -2.44. The summed E-state index contributed by atoms with van der Waals surface area (Å²) in [6, 6.07) is 12.9. The van der Waals surface area contributed by atoms with Gasteiger partial charge >= 0.3 is 5.97 Å². The number of nitro benzene ring substituents is 1. The molecule has 0 saturated carbocycles. The minimum Gasteiger partial charge on any atom is -0.492 e. The number of thioether (sulfide) groups is 1. The van der Waals surface area contributed by atoms with E-state index in [9.17, 15) is 25.0 Å². The Balaban J connectivity index is 2.00. The number of ether oxygens (including phenoxy) is 2. The number of nitriles is 1. The van der Waals surface area contributed by atoms with Crippen LogP contribution < -0.4 is 10.1 Å². The molecule has 2 atom stereocenters. The normalized spacial score (nSPS) is 17.5. The number of nitrogens with one attached hydrogen (secondary N) is 1. The summed E-state index contributed by atoms with van der Waals surface area (Å²) in [7, 11) is 1.17. The van der Waals surface area contributed by atoms with E-state index in [4.69, 9.17) is 21.1 Å². The average Bonchev–Trinajstić information content (AvgIpc) is 2.83. The number of benzene rings is 2. The fourth-order valence-corrected chi connectivity index (χ4v) is 4.78. The molecule has 3 rings (SSSR count). The van der Waals surface area contributed by atoms with E-state index in [0.717, 1.165) is 5.56 Å². The van der Waals surface area contributed by atoms with Crippen molar-refractivity contribution in [3.8, 4) is 11.8 Å². The third kappa shape index (κ3) is 5.32. The van der Waals surface area contributed by atoms with Crippen molar-refractivity contribution in [2.45, 2.75) is 18.6 Å². The molecule has 34 heavy (non-hydrogen) atoms. The van der Waals surface area contributed by atoms with E-state index in [1.54, 1.807) is 30.3 Å². The Morgan fingerprint density at radius 3 is 2.56 bits per heavy atom. The monoisotopic (exact) mass is 501 g/mol. The molecular formula is C23H20ClN3O6S. The summed E-state index contributed by atoms with van der Waals surface area (Å²) in [5.74, 6) is -2.81. The summed E-state index contributed by atoms with van der Waals surface area (Å²) in [6.45, 7) is 2.22. The largest absolute Gasteiger partial charge is 0.492 e. The van der Waals surface area contributed by atoms with Gasteiger partial charge in [-0.1, -0.05) is 29.8 Å². The van der Waals surface area contributed by atoms with Gasteiger partial charge in [-0.25, -0.2) is 0 Å². The van der Waals surface area contributed by atoms with Gasteiger partial charge in [0.25, 0.3) is 5.69 Å². The maximum atomic E-state index is 12.9. The molecule has 1 aliphatic rings. The van der Waals surface area contributed by atoms with Gasteiger partial charge in [0.15, 0.2) is 0 Å². The molecule has 0 radical (unpaired) electrons. The van der Waals surface area contributed by atoms with Crippen molar-refractivity contribution < 1.29 is 24.0 Å². The Kier molecular flexibility index (Phi) is 8.15. The topological polar surface area (TPSA) is 132 Å². The van der Waals surface area contributed by atoms with Gasteiger partial charge in [0.1, 0.15) is 11.7 Å². The van der Waals surface area contributed by atoms with Gasteiger partial charge in [-0.2, -0.15) is 5.26 Å². The first-order valence-electron chi connectivity index (χ1n) is 10.1. The molecule has 0 unspecified atom stereocenters. The van der Waals surface area contributed by atoms with Crippen LogP contribution in [0.1, 0.15) is 24.0 Å². The van der Waals surface area contributed by atoms with Gasteiger partial charge in [-0.3, -0.25) is 19.7 Å². The molecule has 1 aliphatic heterocycles. The molecule has 2 aromatic rings. The van der Waals surface area contributed by atoms with Crippen LogP contribution in [-0.4, -0.2) is 30.5 Å². The molecular weight excluding hydrogens is 482 g/mol. The van der Waals surface area contributed by atoms with Crippen LogP contribution in [-0.2, 0) is 20.1 Å². The summed E-state index contributed by atoms with van der Waals surface area (Å²) < 4.78 is 10.3.